The summed E-state index contributed by atoms with van der Waals surface area (Å²) in [5, 5.41) is 7.30. The number of oxime groups is 1. The first kappa shape index (κ1) is 22.0. The molecule has 11 nitrogen and oxygen atoms in total. The molecule has 1 aliphatic rings. The second-order valence-corrected chi connectivity index (χ2v) is 6.49. The fourth-order valence-corrected chi connectivity index (χ4v) is 3.26. The topological polar surface area (TPSA) is 167 Å². The Morgan fingerprint density at radius 1 is 1.64 bits per heavy atom. The second kappa shape index (κ2) is 8.55. The van der Waals surface area contributed by atoms with Gasteiger partial charge in [-0.2, -0.15) is 0 Å². The van der Waals surface area contributed by atoms with Gasteiger partial charge in [0.05, 0.1) is 0 Å². The van der Waals surface area contributed by atoms with E-state index in [9.17, 15) is 22.6 Å². The Hall–Kier alpha value is -1.05. The van der Waals surface area contributed by atoms with E-state index in [-0.39, 0.29) is 72.2 Å². The molecule has 0 bridgehead atoms. The number of nitrogens with zero attached hydrogens (tertiary/aromatic N) is 3. The zero-order chi connectivity index (χ0) is 18.1. The van der Waals surface area contributed by atoms with Gasteiger partial charge in [0.1, 0.15) is 24.9 Å². The monoisotopic (exact) mass is 411 g/mol. The van der Waals surface area contributed by atoms with Crippen LogP contribution in [0.25, 0.3) is 0 Å². The van der Waals surface area contributed by atoms with Crippen LogP contribution in [0, 0.1) is 12.3 Å². The van der Waals surface area contributed by atoms with Crippen molar-refractivity contribution in [2.75, 3.05) is 12.8 Å². The van der Waals surface area contributed by atoms with Gasteiger partial charge in [-0.1, -0.05) is 11.1 Å². The molecule has 2 amide bonds. The second-order valence-electron chi connectivity index (χ2n) is 4.35. The molecule has 2 atom stereocenters. The number of rotatable bonds is 5. The molecule has 0 unspecified atom stereocenters. The molecule has 0 aromatic carbocycles. The van der Waals surface area contributed by atoms with E-state index in [4.69, 9.17) is 12.2 Å². The van der Waals surface area contributed by atoms with Crippen molar-refractivity contribution in [3.63, 3.8) is 0 Å². The average molecular weight is 411 g/mol. The maximum atomic E-state index is 12.2. The molecule has 25 heavy (non-hydrogen) atoms. The molecule has 0 spiro atoms. The third kappa shape index (κ3) is 4.57. The first-order chi connectivity index (χ1) is 11.2. The van der Waals surface area contributed by atoms with Gasteiger partial charge >= 0.3 is 51.4 Å². The van der Waals surface area contributed by atoms with E-state index in [1.165, 1.54) is 12.5 Å². The van der Waals surface area contributed by atoms with Crippen LogP contribution in [-0.2, 0) is 24.7 Å². The van der Waals surface area contributed by atoms with Crippen molar-refractivity contribution in [3.8, 4) is 12.3 Å². The van der Waals surface area contributed by atoms with Gasteiger partial charge in [-0.05, 0) is 0 Å². The van der Waals surface area contributed by atoms with Crippen molar-refractivity contribution < 1.29 is 78.8 Å². The molecule has 0 aliphatic carbocycles. The number of carbonyl (C=O) groups excluding carboxylic acids is 2. The van der Waals surface area contributed by atoms with Crippen molar-refractivity contribution in [1.29, 1.82) is 0 Å². The van der Waals surface area contributed by atoms with Gasteiger partial charge in [0.15, 0.2) is 21.1 Å². The molecular weight excluding hydrogens is 401 g/mol. The van der Waals surface area contributed by atoms with E-state index < -0.39 is 34.2 Å². The molecule has 1 aliphatic heterocycles. The number of terminal acetylenes is 1. The maximum absolute atomic E-state index is 12.2. The van der Waals surface area contributed by atoms with Crippen LogP contribution < -0.4 is 62.4 Å². The summed E-state index contributed by atoms with van der Waals surface area (Å²) in [6.07, 6.45) is 5.12. The van der Waals surface area contributed by atoms with Gasteiger partial charge in [-0.3, -0.25) is 9.59 Å². The fourth-order valence-electron chi connectivity index (χ4n) is 1.92. The molecule has 1 fully saturated rings. The minimum Gasteiger partial charge on any atom is -0.731 e. The number of nitrogens with one attached hydrogen (secondary N) is 1. The SMILES string of the molecule is C#C[C@@H]1[C@H](NC(=O)/C(=N/OC)c2csc(N)n2)C(=O)N1S(=O)(=O)[O-].[K+]. The van der Waals surface area contributed by atoms with Crippen LogP contribution in [0.1, 0.15) is 5.69 Å². The third-order valence-electron chi connectivity index (χ3n) is 2.91. The standard InChI is InChI=1S/C11H11N5O6S2.K/c1-3-6-8(10(18)16(6)24(19,20)21)14-9(17)7(15-22-2)5-4-23-11(12)13-5;/h1,4,6,8H,2H3,(H2,12,13)(H,14,17)(H,19,20,21);/q;+1/p-1/b15-7+;/t6-,8+;/m1./s1. The van der Waals surface area contributed by atoms with Gasteiger partial charge in [0.2, 0.25) is 0 Å². The Morgan fingerprint density at radius 3 is 2.72 bits per heavy atom. The van der Waals surface area contributed by atoms with Crippen molar-refractivity contribution >= 4 is 44.3 Å². The van der Waals surface area contributed by atoms with Gasteiger partial charge in [-0.15, -0.1) is 17.8 Å². The fraction of sp³-hybridized carbons (Fsp3) is 0.273. The minimum atomic E-state index is -5.07. The van der Waals surface area contributed by atoms with Crippen LogP contribution in [0.5, 0.6) is 0 Å². The predicted octanol–water partition coefficient (Wildman–Crippen LogP) is -5.13. The number of hydrogen-bond donors (Lipinski definition) is 2. The zero-order valence-corrected chi connectivity index (χ0v) is 17.8. The predicted molar refractivity (Wildman–Crippen MR) is 81.2 cm³/mol. The molecule has 2 heterocycles. The number of aromatic nitrogens is 1. The molecule has 128 valence electrons. The van der Waals surface area contributed by atoms with E-state index >= 15 is 0 Å². The molecule has 14 heteroatoms. The number of carbonyl (C=O) groups is 2. The number of anilines is 1. The summed E-state index contributed by atoms with van der Waals surface area (Å²) in [7, 11) is -3.88. The van der Waals surface area contributed by atoms with Crippen molar-refractivity contribution in [1.82, 2.24) is 14.6 Å². The number of β-lactam (4-membered cyclic amide) rings is 1. The Morgan fingerprint density at radius 2 is 2.28 bits per heavy atom. The number of amides is 2. The molecule has 0 saturated carbocycles. The van der Waals surface area contributed by atoms with E-state index in [0.717, 1.165) is 11.3 Å². The number of hydrogen-bond acceptors (Lipinski definition) is 10. The summed E-state index contributed by atoms with van der Waals surface area (Å²) in [4.78, 5) is 32.4. The summed E-state index contributed by atoms with van der Waals surface area (Å²) in [5.41, 5.74) is 5.27. The molecule has 2 rings (SSSR count). The Bertz CT molecular complexity index is 861. The van der Waals surface area contributed by atoms with E-state index in [2.05, 4.69) is 20.3 Å². The van der Waals surface area contributed by atoms with Crippen LogP contribution in [0.3, 0.4) is 0 Å². The smallest absolute Gasteiger partial charge is 0.731 e. The normalized spacial score (nSPS) is 20.1. The van der Waals surface area contributed by atoms with Gasteiger partial charge in [-0.25, -0.2) is 17.7 Å². The summed E-state index contributed by atoms with van der Waals surface area (Å²) in [5.74, 6) is -0.0768. The quantitative estimate of drug-likeness (QED) is 0.121. The van der Waals surface area contributed by atoms with Crippen molar-refractivity contribution in [2.45, 2.75) is 12.1 Å². The number of nitrogen functional groups attached to an aromatic ring is 1. The van der Waals surface area contributed by atoms with Gasteiger partial charge < -0.3 is 20.4 Å². The first-order valence-corrected chi connectivity index (χ1v) is 8.33. The number of thiazole rings is 1. The van der Waals surface area contributed by atoms with Crippen LogP contribution >= 0.6 is 11.3 Å². The molecule has 1 saturated heterocycles. The minimum absolute atomic E-state index is 0. The van der Waals surface area contributed by atoms with Gasteiger partial charge in [0, 0.05) is 5.38 Å². The van der Waals surface area contributed by atoms with E-state index in [1.54, 1.807) is 0 Å². The van der Waals surface area contributed by atoms with Crippen LogP contribution in [0.4, 0.5) is 5.13 Å². The summed E-state index contributed by atoms with van der Waals surface area (Å²) < 4.78 is 32.9. The summed E-state index contributed by atoms with van der Waals surface area (Å²) in [6, 6.07) is -2.81. The van der Waals surface area contributed by atoms with Crippen molar-refractivity contribution in [2.24, 2.45) is 5.16 Å². The van der Waals surface area contributed by atoms with Crippen molar-refractivity contribution in [3.05, 3.63) is 11.1 Å². The Labute approximate surface area is 189 Å². The molecule has 1 aromatic rings. The molecule has 3 N–H and O–H groups in total. The van der Waals surface area contributed by atoms with Crippen LogP contribution in [-0.4, -0.2) is 59.0 Å². The van der Waals surface area contributed by atoms with E-state index in [1.807, 2.05) is 5.92 Å². The largest absolute Gasteiger partial charge is 1.00 e. The van der Waals surface area contributed by atoms with E-state index in [0.29, 0.717) is 0 Å². The van der Waals surface area contributed by atoms with Crippen LogP contribution in [0.2, 0.25) is 0 Å². The average Bonchev–Trinajstić information content (AvgIpc) is 2.91. The first-order valence-electron chi connectivity index (χ1n) is 6.09. The number of nitrogens with two attached hydrogens (primary N) is 1. The Kier molecular flexibility index (Phi) is 7.52. The summed E-state index contributed by atoms with van der Waals surface area (Å²) >= 11 is 1.05. The van der Waals surface area contributed by atoms with Gasteiger partial charge in [0.25, 0.3) is 11.8 Å². The molecule has 1 aromatic heterocycles. The zero-order valence-electron chi connectivity index (χ0n) is 13.0. The maximum Gasteiger partial charge on any atom is 1.00 e. The third-order valence-corrected chi connectivity index (χ3v) is 4.47. The van der Waals surface area contributed by atoms with Crippen LogP contribution in [0.15, 0.2) is 10.5 Å². The Balaban J connectivity index is 0.00000312. The molecule has 0 radical (unpaired) electrons. The summed E-state index contributed by atoms with van der Waals surface area (Å²) in [6.45, 7) is 0. The molecular formula is C11H10KN5O6S2.